The Morgan fingerprint density at radius 2 is 1.43 bits per heavy atom. The first-order valence-corrected chi connectivity index (χ1v) is 14.3. The molecule has 0 spiro atoms. The summed E-state index contributed by atoms with van der Waals surface area (Å²) in [5.41, 5.74) is -0.0240. The number of carbonyl (C=O) groups is 1. The Hall–Kier alpha value is -0.433. The molecule has 0 aromatic carbocycles. The summed E-state index contributed by atoms with van der Waals surface area (Å²) in [5.74, 6) is 0.155. The highest BCUT2D eigenvalue weighted by molar-refractivity contribution is 6.60. The van der Waals surface area contributed by atoms with Gasteiger partial charge in [0.15, 0.2) is 0 Å². The zero-order valence-corrected chi connectivity index (χ0v) is 21.8. The summed E-state index contributed by atoms with van der Waals surface area (Å²) >= 11 is 0. The van der Waals surface area contributed by atoms with E-state index in [1.165, 1.54) is 38.5 Å². The molecule has 1 amide bonds. The van der Waals surface area contributed by atoms with Gasteiger partial charge >= 0.3 is 8.80 Å². The SMILES string of the molecule is CCCCCCC[CH]CCCC(=O)NCC(C)(C)CC[Si](OCC)(OCC)OCC. The second kappa shape index (κ2) is 18.2. The van der Waals surface area contributed by atoms with Crippen LogP contribution in [0.2, 0.25) is 6.04 Å². The molecule has 0 aliphatic carbocycles. The number of hydrogen-bond acceptors (Lipinski definition) is 4. The molecule has 0 fully saturated rings. The van der Waals surface area contributed by atoms with Crippen LogP contribution in [-0.4, -0.2) is 41.1 Å². The normalized spacial score (nSPS) is 12.3. The minimum atomic E-state index is -2.62. The van der Waals surface area contributed by atoms with Gasteiger partial charge in [0.05, 0.1) is 0 Å². The molecule has 0 aliphatic rings. The van der Waals surface area contributed by atoms with E-state index in [0.717, 1.165) is 25.3 Å². The minimum absolute atomic E-state index is 0.0240. The van der Waals surface area contributed by atoms with Crippen molar-refractivity contribution >= 4 is 14.7 Å². The summed E-state index contributed by atoms with van der Waals surface area (Å²) in [5, 5.41) is 3.12. The van der Waals surface area contributed by atoms with Crippen molar-refractivity contribution in [3.63, 3.8) is 0 Å². The van der Waals surface area contributed by atoms with E-state index in [1.807, 2.05) is 20.8 Å². The molecule has 0 unspecified atom stereocenters. The summed E-state index contributed by atoms with van der Waals surface area (Å²) in [7, 11) is -2.62. The van der Waals surface area contributed by atoms with Gasteiger partial charge in [-0.15, -0.1) is 0 Å². The largest absolute Gasteiger partial charge is 0.500 e. The molecule has 1 N–H and O–H groups in total. The number of amides is 1. The maximum absolute atomic E-state index is 12.2. The van der Waals surface area contributed by atoms with Crippen LogP contribution < -0.4 is 5.32 Å². The summed E-state index contributed by atoms with van der Waals surface area (Å²) in [4.78, 5) is 12.2. The lowest BCUT2D eigenvalue weighted by molar-refractivity contribution is -0.121. The Labute approximate surface area is 188 Å². The van der Waals surface area contributed by atoms with Crippen LogP contribution in [-0.2, 0) is 18.1 Å². The maximum Gasteiger partial charge on any atom is 0.500 e. The van der Waals surface area contributed by atoms with Gasteiger partial charge < -0.3 is 18.6 Å². The Bertz CT molecular complexity index is 401. The van der Waals surface area contributed by atoms with E-state index in [2.05, 4.69) is 32.5 Å². The van der Waals surface area contributed by atoms with Gasteiger partial charge in [-0.2, -0.15) is 0 Å². The van der Waals surface area contributed by atoms with Crippen molar-refractivity contribution in [3.05, 3.63) is 6.42 Å². The van der Waals surface area contributed by atoms with E-state index in [4.69, 9.17) is 13.3 Å². The van der Waals surface area contributed by atoms with E-state index in [-0.39, 0.29) is 11.3 Å². The van der Waals surface area contributed by atoms with Gasteiger partial charge in [-0.1, -0.05) is 59.3 Å². The summed E-state index contributed by atoms with van der Waals surface area (Å²) in [6.45, 7) is 15.0. The maximum atomic E-state index is 12.2. The second-order valence-electron chi connectivity index (χ2n) is 8.81. The van der Waals surface area contributed by atoms with Gasteiger partial charge in [0, 0.05) is 38.8 Å². The number of rotatable bonds is 21. The lowest BCUT2D eigenvalue weighted by Gasteiger charge is -2.32. The molecule has 1 radical (unpaired) electrons. The van der Waals surface area contributed by atoms with Gasteiger partial charge in [-0.3, -0.25) is 4.79 Å². The zero-order chi connectivity index (χ0) is 22.7. The minimum Gasteiger partial charge on any atom is -0.374 e. The highest BCUT2D eigenvalue weighted by Gasteiger charge is 2.41. The van der Waals surface area contributed by atoms with Gasteiger partial charge in [-0.25, -0.2) is 0 Å². The van der Waals surface area contributed by atoms with Crippen molar-refractivity contribution in [1.29, 1.82) is 0 Å². The van der Waals surface area contributed by atoms with E-state index in [9.17, 15) is 4.79 Å². The van der Waals surface area contributed by atoms with Crippen LogP contribution in [0.4, 0.5) is 0 Å². The van der Waals surface area contributed by atoms with Gasteiger partial charge in [0.25, 0.3) is 0 Å². The molecular weight excluding hydrogens is 394 g/mol. The topological polar surface area (TPSA) is 56.8 Å². The number of hydrogen-bond donors (Lipinski definition) is 1. The monoisotopic (exact) mass is 444 g/mol. The van der Waals surface area contributed by atoms with Gasteiger partial charge in [0.2, 0.25) is 5.91 Å². The Morgan fingerprint density at radius 3 is 2.00 bits per heavy atom. The van der Waals surface area contributed by atoms with Crippen molar-refractivity contribution in [2.24, 2.45) is 5.41 Å². The van der Waals surface area contributed by atoms with Crippen LogP contribution >= 0.6 is 0 Å². The number of carbonyl (C=O) groups excluding carboxylic acids is 1. The standard InChI is InChI=1S/C24H50NO4Si/c1-7-11-12-13-14-15-16-17-18-19-23(26)25-22-24(5,6)20-21-30(27-8-2,28-9-3)29-10-4/h16H,7-15,17-22H2,1-6H3,(H,25,26). The average molecular weight is 445 g/mol. The molecule has 30 heavy (non-hydrogen) atoms. The highest BCUT2D eigenvalue weighted by Crippen LogP contribution is 2.28. The molecule has 0 saturated carbocycles. The molecule has 0 saturated heterocycles. The smallest absolute Gasteiger partial charge is 0.374 e. The lowest BCUT2D eigenvalue weighted by Crippen LogP contribution is -2.47. The predicted octanol–water partition coefficient (Wildman–Crippen LogP) is 6.30. The Balaban J connectivity index is 4.09. The molecule has 0 aromatic heterocycles. The third-order valence-electron chi connectivity index (χ3n) is 5.29. The average Bonchev–Trinajstić information content (AvgIpc) is 2.70. The fourth-order valence-corrected chi connectivity index (χ4v) is 6.44. The summed E-state index contributed by atoms with van der Waals surface area (Å²) in [6, 6.07) is 0.776. The molecule has 6 heteroatoms. The van der Waals surface area contributed by atoms with Crippen molar-refractivity contribution in [2.75, 3.05) is 26.4 Å². The van der Waals surface area contributed by atoms with Crippen molar-refractivity contribution in [1.82, 2.24) is 5.32 Å². The third-order valence-corrected chi connectivity index (χ3v) is 8.34. The fourth-order valence-electron chi connectivity index (χ4n) is 3.45. The molecule has 0 rings (SSSR count). The van der Waals surface area contributed by atoms with Crippen LogP contribution in [0, 0.1) is 11.8 Å². The van der Waals surface area contributed by atoms with Crippen molar-refractivity contribution in [2.45, 2.75) is 112 Å². The molecular formula is C24H50NO4Si. The van der Waals surface area contributed by atoms with Crippen LogP contribution in [0.15, 0.2) is 0 Å². The van der Waals surface area contributed by atoms with Crippen LogP contribution in [0.3, 0.4) is 0 Å². The quantitative estimate of drug-likeness (QED) is 0.167. The molecule has 0 heterocycles. The van der Waals surface area contributed by atoms with E-state index >= 15 is 0 Å². The third kappa shape index (κ3) is 15.4. The summed E-state index contributed by atoms with van der Waals surface area (Å²) in [6.07, 6.45) is 13.6. The first-order valence-electron chi connectivity index (χ1n) is 12.3. The van der Waals surface area contributed by atoms with Crippen molar-refractivity contribution in [3.8, 4) is 0 Å². The Morgan fingerprint density at radius 1 is 0.867 bits per heavy atom. The Kier molecular flexibility index (Phi) is 17.9. The van der Waals surface area contributed by atoms with E-state index < -0.39 is 8.80 Å². The fraction of sp³-hybridized carbons (Fsp3) is 0.917. The molecule has 5 nitrogen and oxygen atoms in total. The molecule has 179 valence electrons. The summed E-state index contributed by atoms with van der Waals surface area (Å²) < 4.78 is 17.8. The van der Waals surface area contributed by atoms with Gasteiger partial charge in [0.1, 0.15) is 0 Å². The molecule has 0 aromatic rings. The van der Waals surface area contributed by atoms with Crippen molar-refractivity contribution < 1.29 is 18.1 Å². The predicted molar refractivity (Wildman–Crippen MR) is 128 cm³/mol. The van der Waals surface area contributed by atoms with E-state index in [0.29, 0.717) is 32.8 Å². The van der Waals surface area contributed by atoms with Crippen LogP contribution in [0.5, 0.6) is 0 Å². The van der Waals surface area contributed by atoms with E-state index in [1.54, 1.807) is 0 Å². The highest BCUT2D eigenvalue weighted by atomic mass is 28.4. The second-order valence-corrected chi connectivity index (χ2v) is 11.5. The molecule has 0 atom stereocenters. The molecule has 0 bridgehead atoms. The first-order chi connectivity index (χ1) is 14.3. The number of nitrogens with one attached hydrogen (secondary N) is 1. The number of unbranched alkanes of at least 4 members (excludes halogenated alkanes) is 8. The zero-order valence-electron chi connectivity index (χ0n) is 20.8. The molecule has 0 aliphatic heterocycles. The first kappa shape index (κ1) is 29.6. The van der Waals surface area contributed by atoms with Crippen LogP contribution in [0.1, 0.15) is 106 Å². The lowest BCUT2D eigenvalue weighted by atomic mass is 9.90. The van der Waals surface area contributed by atoms with Gasteiger partial charge in [-0.05, 0) is 51.9 Å². The van der Waals surface area contributed by atoms with Crippen LogP contribution in [0.25, 0.3) is 0 Å².